The Morgan fingerprint density at radius 1 is 0.681 bits per heavy atom. The Balaban J connectivity index is -0.000000129. The maximum atomic E-state index is 10.3. The summed E-state index contributed by atoms with van der Waals surface area (Å²) >= 11 is 17.4. The van der Waals surface area contributed by atoms with Gasteiger partial charge >= 0.3 is 29.6 Å². The van der Waals surface area contributed by atoms with E-state index in [1.165, 1.54) is 19.2 Å². The minimum atomic E-state index is -1.11. The fourth-order valence-electron chi connectivity index (χ4n) is 3.10. The number of hydrogen-bond acceptors (Lipinski definition) is 17. The van der Waals surface area contributed by atoms with E-state index in [-0.39, 0.29) is 78.0 Å². The molecule has 278 valence electrons. The van der Waals surface area contributed by atoms with Crippen LogP contribution >= 0.6 is 56.5 Å². The first kappa shape index (κ1) is 58.5. The van der Waals surface area contributed by atoms with Crippen LogP contribution in [0.3, 0.4) is 0 Å². The monoisotopic (exact) mass is 804 g/mol. The number of rotatable bonds is 20. The summed E-state index contributed by atoms with van der Waals surface area (Å²) in [6.45, 7) is 7.73. The van der Waals surface area contributed by atoms with Gasteiger partial charge in [-0.2, -0.15) is 0 Å². The van der Waals surface area contributed by atoms with E-state index in [9.17, 15) is 30.3 Å². The smallest absolute Gasteiger partial charge is 0.635 e. The first-order valence-electron chi connectivity index (χ1n) is 13.0. The van der Waals surface area contributed by atoms with E-state index in [2.05, 4.69) is 41.2 Å². The zero-order valence-electron chi connectivity index (χ0n) is 26.5. The zero-order valence-corrected chi connectivity index (χ0v) is 32.3. The van der Waals surface area contributed by atoms with E-state index in [1.807, 2.05) is 13.8 Å². The van der Waals surface area contributed by atoms with E-state index in [0.29, 0.717) is 0 Å². The third-order valence-electron chi connectivity index (χ3n) is 4.52. The summed E-state index contributed by atoms with van der Waals surface area (Å²) in [5.74, 6) is 0. The van der Waals surface area contributed by atoms with Gasteiger partial charge in [0.15, 0.2) is 0 Å². The number of aliphatic hydroxyl groups excluding tert-OH is 4. The van der Waals surface area contributed by atoms with E-state index in [1.54, 1.807) is 6.92 Å². The van der Waals surface area contributed by atoms with Crippen LogP contribution in [0, 0.1) is 35.3 Å². The average molecular weight is 807 g/mol. The summed E-state index contributed by atoms with van der Waals surface area (Å²) < 4.78 is 0. The second-order valence-electron chi connectivity index (χ2n) is 9.29. The third kappa shape index (κ3) is 57.9. The molecule has 0 saturated carbocycles. The second-order valence-corrected chi connectivity index (χ2v) is 11.4. The summed E-state index contributed by atoms with van der Waals surface area (Å²) in [6.07, 6.45) is -3.58. The van der Waals surface area contributed by atoms with Crippen molar-refractivity contribution in [3.05, 3.63) is 35.3 Å². The van der Waals surface area contributed by atoms with Gasteiger partial charge in [0.05, 0.1) is 24.9 Å². The number of hydrogen-bond donors (Lipinski definition) is 4. The SMILES string of the molecule is CC(CC(CC(C)O[N+](=O)[O-])O[N+](=O)[O-])O[N+](=O)[O-].CC(Cl)CC(Cl)CC(C)Cl.CC(O)CC(O)CC(O)CO.ClCl.O=NO[O-].[Na+]. The summed E-state index contributed by atoms with van der Waals surface area (Å²) in [5.41, 5.74) is 0. The third-order valence-corrected chi connectivity index (χ3v) is 5.23. The van der Waals surface area contributed by atoms with Crippen molar-refractivity contribution < 1.29 is 90.0 Å². The maximum Gasteiger partial charge on any atom is 1.00 e. The molecule has 26 heteroatoms. The Hall–Kier alpha value is -0.750. The van der Waals surface area contributed by atoms with Crippen molar-refractivity contribution in [3.63, 3.8) is 0 Å². The van der Waals surface area contributed by atoms with Gasteiger partial charge in [0.2, 0.25) is 0 Å². The minimum Gasteiger partial charge on any atom is -0.635 e. The van der Waals surface area contributed by atoms with Crippen LogP contribution in [-0.2, 0) is 19.5 Å². The molecule has 0 rings (SSSR count). The van der Waals surface area contributed by atoms with Gasteiger partial charge < -0.3 is 45.2 Å². The molecule has 0 aromatic heterocycles. The second kappa shape index (κ2) is 39.7. The van der Waals surface area contributed by atoms with Crippen LogP contribution in [0.5, 0.6) is 0 Å². The molecule has 0 bridgehead atoms. The molecule has 0 aromatic carbocycles. The summed E-state index contributed by atoms with van der Waals surface area (Å²) in [7, 11) is 8.22. The molecule has 0 radical (unpaired) electrons. The van der Waals surface area contributed by atoms with Crippen molar-refractivity contribution >= 4 is 56.5 Å². The molecule has 0 amide bonds. The Kier molecular flexibility index (Phi) is 49.4. The van der Waals surface area contributed by atoms with Gasteiger partial charge in [-0.3, -0.25) is 0 Å². The molecule has 0 spiro atoms. The molecule has 7 unspecified atom stereocenters. The van der Waals surface area contributed by atoms with E-state index in [4.69, 9.17) is 65.4 Å². The van der Waals surface area contributed by atoms with Gasteiger partial charge in [-0.15, -0.1) is 70.1 Å². The largest absolute Gasteiger partial charge is 1.00 e. The Labute approximate surface area is 317 Å². The van der Waals surface area contributed by atoms with Gasteiger partial charge in [-0.25, -0.2) is 0 Å². The first-order chi connectivity index (χ1) is 21.2. The van der Waals surface area contributed by atoms with Crippen LogP contribution in [0.1, 0.15) is 73.1 Å². The van der Waals surface area contributed by atoms with Crippen LogP contribution in [0.25, 0.3) is 0 Å². The van der Waals surface area contributed by atoms with Crippen LogP contribution in [0.15, 0.2) is 5.34 Å². The van der Waals surface area contributed by atoms with Crippen LogP contribution in [0.4, 0.5) is 0 Å². The van der Waals surface area contributed by atoms with Crippen LogP contribution in [-0.4, -0.2) is 95.0 Å². The Morgan fingerprint density at radius 3 is 1.26 bits per heavy atom. The number of nitrogens with zero attached hydrogens (tertiary/aromatic N) is 4. The fraction of sp³-hybridized carbons (Fsp3) is 1.00. The van der Waals surface area contributed by atoms with Crippen LogP contribution < -0.4 is 34.8 Å². The number of alkyl halides is 3. The van der Waals surface area contributed by atoms with Crippen molar-refractivity contribution in [3.8, 4) is 0 Å². The molecule has 47 heavy (non-hydrogen) atoms. The molecule has 4 N–H and O–H groups in total. The fourth-order valence-corrected chi connectivity index (χ4v) is 4.25. The van der Waals surface area contributed by atoms with Gasteiger partial charge in [0.25, 0.3) is 15.3 Å². The Bertz CT molecular complexity index is 725. The Morgan fingerprint density at radius 2 is 1.02 bits per heavy atom. The first-order valence-corrected chi connectivity index (χ1v) is 15.4. The molecular weight excluding hydrogens is 764 g/mol. The van der Waals surface area contributed by atoms with Crippen molar-refractivity contribution in [1.82, 2.24) is 0 Å². The van der Waals surface area contributed by atoms with Gasteiger partial charge in [-0.05, 0) is 53.9 Å². The van der Waals surface area contributed by atoms with Gasteiger partial charge in [0.1, 0.15) is 23.7 Å². The molecule has 0 aromatic rings. The van der Waals surface area contributed by atoms with E-state index >= 15 is 0 Å². The molecule has 0 heterocycles. The molecule has 0 aliphatic carbocycles. The predicted molar refractivity (Wildman–Crippen MR) is 164 cm³/mol. The van der Waals surface area contributed by atoms with Gasteiger partial charge in [-0.1, -0.05) is 0 Å². The molecule has 0 saturated heterocycles. The summed E-state index contributed by atoms with van der Waals surface area (Å²) in [4.78, 5) is 53.8. The molecule has 7 atom stereocenters. The molecule has 0 aliphatic rings. The topological polar surface area (TPSA) is 300 Å². The number of halogens is 5. The maximum absolute atomic E-state index is 10.3. The normalized spacial score (nSPS) is 15.4. The standard InChI is InChI=1S/C7H13Cl3.C7H13N3O9.C7H16O4.Cl2.HNO3.Na/c1-5(8)3-7(10)4-6(2)9;1-5(17-8(11)12)3-7(19-10(15)16)4-6(2)18-9(13)14;1-5(9)2-6(10)3-7(11)4-8;1-2;2-1-4-3;/h5-7H,3-4H2,1-2H3;5-7H,3-4H2,1-2H3;5-11H,2-4H2,1H3;;3H;/q;;;;;+1/p-1. The quantitative estimate of drug-likeness (QED) is 0.0323. The predicted octanol–water partition coefficient (Wildman–Crippen LogP) is 0.370. The van der Waals surface area contributed by atoms with Crippen molar-refractivity contribution in [2.45, 2.75) is 126 Å². The van der Waals surface area contributed by atoms with Crippen molar-refractivity contribution in [2.75, 3.05) is 6.61 Å². The summed E-state index contributed by atoms with van der Waals surface area (Å²) in [6, 6.07) is 0. The molecular formula is C21H42Cl5N4NaO16. The van der Waals surface area contributed by atoms with Crippen molar-refractivity contribution in [2.24, 2.45) is 5.34 Å². The number of aliphatic hydroxyl groups is 4. The average Bonchev–Trinajstić information content (AvgIpc) is 2.87. The molecule has 0 fully saturated rings. The molecule has 0 aliphatic heterocycles. The van der Waals surface area contributed by atoms with Crippen LogP contribution in [0.2, 0.25) is 0 Å². The zero-order chi connectivity index (χ0) is 37.4. The van der Waals surface area contributed by atoms with E-state index in [0.717, 1.165) is 12.8 Å². The van der Waals surface area contributed by atoms with Crippen molar-refractivity contribution in [1.29, 1.82) is 0 Å². The summed E-state index contributed by atoms with van der Waals surface area (Å²) in [5, 5.41) is 72.6. The van der Waals surface area contributed by atoms with Gasteiger partial charge in [0, 0.05) is 57.1 Å². The van der Waals surface area contributed by atoms with E-state index < -0.39 is 51.9 Å². The minimum absolute atomic E-state index is 0. The molecule has 20 nitrogen and oxygen atoms in total.